The number of hydrogen-bond donors (Lipinski definition) is 1. The topological polar surface area (TPSA) is 33.4 Å². The Morgan fingerprint density at radius 1 is 1.46 bits per heavy atom. The molecule has 13 heavy (non-hydrogen) atoms. The van der Waals surface area contributed by atoms with Crippen molar-refractivity contribution < 1.29 is 9.52 Å². The summed E-state index contributed by atoms with van der Waals surface area (Å²) in [6.07, 6.45) is 0.780. The van der Waals surface area contributed by atoms with Crippen molar-refractivity contribution in [3.63, 3.8) is 0 Å². The fourth-order valence-corrected chi connectivity index (χ4v) is 2.23. The molecule has 1 N–H and O–H groups in total. The second kappa shape index (κ2) is 3.54. The number of halogens is 1. The van der Waals surface area contributed by atoms with Crippen molar-refractivity contribution in [1.82, 2.24) is 0 Å². The number of rotatable bonds is 2. The minimum absolute atomic E-state index is 0.518. The van der Waals surface area contributed by atoms with E-state index in [1.54, 1.807) is 18.2 Å². The Morgan fingerprint density at radius 3 is 2.85 bits per heavy atom. The fourth-order valence-electron chi connectivity index (χ4n) is 1.08. The van der Waals surface area contributed by atoms with Crippen molar-refractivity contribution >= 4 is 22.9 Å². The smallest absolute Gasteiger partial charge is 0.147 e. The third kappa shape index (κ3) is 1.63. The van der Waals surface area contributed by atoms with Crippen molar-refractivity contribution in [2.45, 2.75) is 6.10 Å². The maximum Gasteiger partial charge on any atom is 0.147 e. The van der Waals surface area contributed by atoms with Gasteiger partial charge in [0.25, 0.3) is 0 Å². The summed E-state index contributed by atoms with van der Waals surface area (Å²) in [5, 5.41) is 12.2. The number of aliphatic hydroxyl groups is 1. The standard InChI is InChI=1S/C9H7ClO2S/c10-6-3-5-13-9(6)8(11)7-2-1-4-12-7/h1-5,8,11H. The molecule has 2 aromatic rings. The van der Waals surface area contributed by atoms with Crippen LogP contribution in [0.1, 0.15) is 16.7 Å². The van der Waals surface area contributed by atoms with Gasteiger partial charge in [0.2, 0.25) is 0 Å². The molecule has 1 atom stereocenters. The maximum atomic E-state index is 9.78. The summed E-state index contributed by atoms with van der Waals surface area (Å²) in [4.78, 5) is 0.719. The summed E-state index contributed by atoms with van der Waals surface area (Å²) >= 11 is 7.27. The van der Waals surface area contributed by atoms with Crippen LogP contribution in [0.5, 0.6) is 0 Å². The lowest BCUT2D eigenvalue weighted by Gasteiger charge is -2.04. The zero-order chi connectivity index (χ0) is 9.26. The Labute approximate surface area is 84.4 Å². The van der Waals surface area contributed by atoms with Gasteiger partial charge in [-0.25, -0.2) is 0 Å². The molecule has 0 aromatic carbocycles. The second-order valence-electron chi connectivity index (χ2n) is 2.55. The quantitative estimate of drug-likeness (QED) is 0.834. The minimum Gasteiger partial charge on any atom is -0.466 e. The van der Waals surface area contributed by atoms with E-state index in [9.17, 15) is 5.11 Å². The van der Waals surface area contributed by atoms with Crippen LogP contribution in [-0.4, -0.2) is 5.11 Å². The van der Waals surface area contributed by atoms with Gasteiger partial charge >= 0.3 is 0 Å². The first kappa shape index (κ1) is 8.81. The normalized spacial score (nSPS) is 13.1. The lowest BCUT2D eigenvalue weighted by Crippen LogP contribution is -1.94. The van der Waals surface area contributed by atoms with E-state index in [1.807, 2.05) is 5.38 Å². The Bertz CT molecular complexity index is 380. The van der Waals surface area contributed by atoms with Crippen LogP contribution in [0, 0.1) is 0 Å². The van der Waals surface area contributed by atoms with Gasteiger partial charge in [-0.3, -0.25) is 0 Å². The van der Waals surface area contributed by atoms with Crippen molar-refractivity contribution in [3.8, 4) is 0 Å². The summed E-state index contributed by atoms with van der Waals surface area (Å²) in [6, 6.07) is 5.22. The molecule has 0 radical (unpaired) electrons. The van der Waals surface area contributed by atoms with Crippen molar-refractivity contribution in [1.29, 1.82) is 0 Å². The van der Waals surface area contributed by atoms with Gasteiger partial charge in [-0.2, -0.15) is 0 Å². The van der Waals surface area contributed by atoms with Crippen molar-refractivity contribution in [2.75, 3.05) is 0 Å². The average Bonchev–Trinajstić information content (AvgIpc) is 2.72. The molecule has 1 unspecified atom stereocenters. The van der Waals surface area contributed by atoms with E-state index in [0.29, 0.717) is 10.8 Å². The van der Waals surface area contributed by atoms with E-state index in [-0.39, 0.29) is 0 Å². The highest BCUT2D eigenvalue weighted by atomic mass is 35.5. The highest BCUT2D eigenvalue weighted by molar-refractivity contribution is 7.10. The molecule has 0 fully saturated rings. The monoisotopic (exact) mass is 214 g/mol. The molecule has 0 spiro atoms. The number of thiophene rings is 1. The molecule has 4 heteroatoms. The fraction of sp³-hybridized carbons (Fsp3) is 0.111. The van der Waals surface area contributed by atoms with Gasteiger partial charge in [-0.15, -0.1) is 11.3 Å². The summed E-state index contributed by atoms with van der Waals surface area (Å²) in [7, 11) is 0. The molecular formula is C9H7ClO2S. The van der Waals surface area contributed by atoms with Crippen LogP contribution in [0.4, 0.5) is 0 Å². The van der Waals surface area contributed by atoms with Gasteiger partial charge in [-0.1, -0.05) is 11.6 Å². The number of aliphatic hydroxyl groups excluding tert-OH is 1. The molecular weight excluding hydrogens is 208 g/mol. The van der Waals surface area contributed by atoms with Crippen LogP contribution in [0.15, 0.2) is 34.3 Å². The molecule has 68 valence electrons. The minimum atomic E-state index is -0.748. The Morgan fingerprint density at radius 2 is 2.31 bits per heavy atom. The van der Waals surface area contributed by atoms with E-state index in [1.165, 1.54) is 17.6 Å². The Hall–Kier alpha value is -0.770. The van der Waals surface area contributed by atoms with Gasteiger partial charge in [0.15, 0.2) is 0 Å². The van der Waals surface area contributed by atoms with Gasteiger partial charge in [0.1, 0.15) is 11.9 Å². The lowest BCUT2D eigenvalue weighted by molar-refractivity contribution is 0.193. The highest BCUT2D eigenvalue weighted by Crippen LogP contribution is 2.32. The van der Waals surface area contributed by atoms with Gasteiger partial charge in [-0.05, 0) is 23.6 Å². The lowest BCUT2D eigenvalue weighted by atomic mass is 10.2. The van der Waals surface area contributed by atoms with Gasteiger partial charge in [0.05, 0.1) is 16.2 Å². The third-order valence-electron chi connectivity index (χ3n) is 1.71. The molecule has 0 bridgehead atoms. The molecule has 0 aliphatic carbocycles. The van der Waals surface area contributed by atoms with Crippen LogP contribution in [0.3, 0.4) is 0 Å². The summed E-state index contributed by atoms with van der Waals surface area (Å²) in [5.74, 6) is 0.518. The van der Waals surface area contributed by atoms with Crippen molar-refractivity contribution in [2.24, 2.45) is 0 Å². The van der Waals surface area contributed by atoms with Crippen LogP contribution < -0.4 is 0 Å². The van der Waals surface area contributed by atoms with Crippen LogP contribution >= 0.6 is 22.9 Å². The summed E-state index contributed by atoms with van der Waals surface area (Å²) in [6.45, 7) is 0. The Balaban J connectivity index is 2.33. The van der Waals surface area contributed by atoms with Crippen LogP contribution in [0.2, 0.25) is 5.02 Å². The van der Waals surface area contributed by atoms with E-state index >= 15 is 0 Å². The molecule has 0 aliphatic heterocycles. The summed E-state index contributed by atoms with van der Waals surface area (Å²) in [5.41, 5.74) is 0. The van der Waals surface area contributed by atoms with Crippen molar-refractivity contribution in [3.05, 3.63) is 45.5 Å². The highest BCUT2D eigenvalue weighted by Gasteiger charge is 2.17. The van der Waals surface area contributed by atoms with E-state index in [0.717, 1.165) is 4.88 Å². The zero-order valence-electron chi connectivity index (χ0n) is 6.61. The first-order valence-electron chi connectivity index (χ1n) is 3.73. The van der Waals surface area contributed by atoms with Crippen LogP contribution in [-0.2, 0) is 0 Å². The maximum absolute atomic E-state index is 9.78. The molecule has 2 rings (SSSR count). The molecule has 0 saturated heterocycles. The van der Waals surface area contributed by atoms with Gasteiger partial charge in [0, 0.05) is 0 Å². The predicted molar refractivity (Wildman–Crippen MR) is 52.1 cm³/mol. The molecule has 0 amide bonds. The third-order valence-corrected chi connectivity index (χ3v) is 3.12. The first-order chi connectivity index (χ1) is 6.29. The van der Waals surface area contributed by atoms with E-state index < -0.39 is 6.10 Å². The average molecular weight is 215 g/mol. The first-order valence-corrected chi connectivity index (χ1v) is 4.99. The largest absolute Gasteiger partial charge is 0.466 e. The molecule has 0 saturated carbocycles. The van der Waals surface area contributed by atoms with E-state index in [2.05, 4.69) is 0 Å². The van der Waals surface area contributed by atoms with E-state index in [4.69, 9.17) is 16.0 Å². The molecule has 2 nitrogen and oxygen atoms in total. The predicted octanol–water partition coefficient (Wildman–Crippen LogP) is 3.08. The van der Waals surface area contributed by atoms with Gasteiger partial charge < -0.3 is 9.52 Å². The second-order valence-corrected chi connectivity index (χ2v) is 3.91. The molecule has 2 heterocycles. The zero-order valence-corrected chi connectivity index (χ0v) is 8.18. The molecule has 0 aliphatic rings. The van der Waals surface area contributed by atoms with Crippen LogP contribution in [0.25, 0.3) is 0 Å². The Kier molecular flexibility index (Phi) is 2.40. The molecule has 2 aromatic heterocycles. The summed E-state index contributed by atoms with van der Waals surface area (Å²) < 4.78 is 5.07. The number of furan rings is 1. The SMILES string of the molecule is OC(c1ccco1)c1sccc1Cl. The number of hydrogen-bond acceptors (Lipinski definition) is 3.